The van der Waals surface area contributed by atoms with E-state index in [0.717, 1.165) is 12.0 Å². The summed E-state index contributed by atoms with van der Waals surface area (Å²) in [4.78, 5) is 0. The average Bonchev–Trinajstić information content (AvgIpc) is 2.04. The zero-order chi connectivity index (χ0) is 8.97. The van der Waals surface area contributed by atoms with Crippen molar-refractivity contribution in [2.24, 2.45) is 0 Å². The van der Waals surface area contributed by atoms with Crippen molar-refractivity contribution in [1.29, 1.82) is 0 Å². The smallest absolute Gasteiger partial charge is 0.0642 e. The molecule has 1 heteroatoms. The Morgan fingerprint density at radius 1 is 1.50 bits per heavy atom. The number of rotatable bonds is 3. The predicted octanol–water partition coefficient (Wildman–Crippen LogP) is 2.09. The van der Waals surface area contributed by atoms with Gasteiger partial charge in [-0.3, -0.25) is 0 Å². The minimum atomic E-state index is 0.0773. The lowest BCUT2D eigenvalue weighted by Gasteiger charge is -2.02. The highest BCUT2D eigenvalue weighted by Gasteiger charge is 1.95. The third-order valence-electron chi connectivity index (χ3n) is 1.76. The van der Waals surface area contributed by atoms with Crippen LogP contribution in [0.1, 0.15) is 11.1 Å². The summed E-state index contributed by atoms with van der Waals surface area (Å²) >= 11 is 0. The van der Waals surface area contributed by atoms with Crippen molar-refractivity contribution in [1.82, 2.24) is 0 Å². The van der Waals surface area contributed by atoms with E-state index in [-0.39, 0.29) is 6.61 Å². The maximum atomic E-state index is 8.77. The number of hydrogen-bond donors (Lipinski definition) is 1. The molecule has 0 bridgehead atoms. The lowest BCUT2D eigenvalue weighted by Crippen LogP contribution is -1.93. The molecule has 0 atom stereocenters. The molecule has 0 saturated carbocycles. The first-order chi connectivity index (χ1) is 5.72. The molecular weight excluding hydrogens is 148 g/mol. The second kappa shape index (κ2) is 4.07. The highest BCUT2D eigenvalue weighted by molar-refractivity contribution is 5.25. The minimum absolute atomic E-state index is 0.0773. The lowest BCUT2D eigenvalue weighted by atomic mass is 10.1. The molecule has 0 heterocycles. The normalized spacial score (nSPS) is 9.83. The van der Waals surface area contributed by atoms with Gasteiger partial charge in [0.1, 0.15) is 0 Å². The van der Waals surface area contributed by atoms with E-state index in [1.807, 2.05) is 12.1 Å². The van der Waals surface area contributed by atoms with Gasteiger partial charge in [-0.1, -0.05) is 36.4 Å². The van der Waals surface area contributed by atoms with E-state index in [4.69, 9.17) is 5.11 Å². The van der Waals surface area contributed by atoms with E-state index in [0.29, 0.717) is 0 Å². The average molecular weight is 162 g/mol. The van der Waals surface area contributed by atoms with Crippen LogP contribution in [0.15, 0.2) is 36.4 Å². The Morgan fingerprint density at radius 3 is 2.83 bits per heavy atom. The molecule has 0 aromatic heterocycles. The number of hydrogen-bond acceptors (Lipinski definition) is 1. The van der Waals surface area contributed by atoms with E-state index in [2.05, 4.69) is 25.6 Å². The summed E-state index contributed by atoms with van der Waals surface area (Å²) in [5.41, 5.74) is 3.33. The van der Waals surface area contributed by atoms with Gasteiger partial charge in [0.05, 0.1) is 6.61 Å². The Balaban J connectivity index is 2.69. The summed E-state index contributed by atoms with van der Waals surface area (Å²) in [6, 6.07) is 8.25. The number of aryl methyl sites for hydroxylation is 1. The van der Waals surface area contributed by atoms with Gasteiger partial charge >= 0.3 is 0 Å². The monoisotopic (exact) mass is 162 g/mol. The maximum Gasteiger partial charge on any atom is 0.0642 e. The lowest BCUT2D eigenvalue weighted by molar-refractivity contribution is 0.329. The zero-order valence-corrected chi connectivity index (χ0v) is 7.38. The summed E-state index contributed by atoms with van der Waals surface area (Å²) in [5.74, 6) is 0. The van der Waals surface area contributed by atoms with Crippen LogP contribution in [0.3, 0.4) is 0 Å². The molecule has 0 aliphatic heterocycles. The van der Waals surface area contributed by atoms with Gasteiger partial charge in [0.25, 0.3) is 0 Å². The molecule has 1 aromatic carbocycles. The predicted molar refractivity (Wildman–Crippen MR) is 51.1 cm³/mol. The summed E-state index contributed by atoms with van der Waals surface area (Å²) in [6.45, 7) is 5.89. The standard InChI is InChI=1S/C11H14O/c1-9-4-3-5-11(6-9)7-10(2)8-12/h3-6,12H,2,7-8H2,1H3. The molecule has 1 aromatic rings. The van der Waals surface area contributed by atoms with Crippen LogP contribution in [0.25, 0.3) is 0 Å². The highest BCUT2D eigenvalue weighted by atomic mass is 16.3. The summed E-state index contributed by atoms with van der Waals surface area (Å²) in [5, 5.41) is 8.77. The van der Waals surface area contributed by atoms with E-state index >= 15 is 0 Å². The summed E-state index contributed by atoms with van der Waals surface area (Å²) in [7, 11) is 0. The van der Waals surface area contributed by atoms with Gasteiger partial charge in [-0.15, -0.1) is 0 Å². The fourth-order valence-electron chi connectivity index (χ4n) is 1.17. The van der Waals surface area contributed by atoms with E-state index in [1.165, 1.54) is 11.1 Å². The fourth-order valence-corrected chi connectivity index (χ4v) is 1.17. The molecular formula is C11H14O. The topological polar surface area (TPSA) is 20.2 Å². The third kappa shape index (κ3) is 2.51. The molecule has 12 heavy (non-hydrogen) atoms. The van der Waals surface area contributed by atoms with Crippen molar-refractivity contribution in [3.8, 4) is 0 Å². The maximum absolute atomic E-state index is 8.77. The number of benzene rings is 1. The molecule has 0 aliphatic carbocycles. The molecule has 1 nitrogen and oxygen atoms in total. The molecule has 0 unspecified atom stereocenters. The molecule has 1 N–H and O–H groups in total. The Morgan fingerprint density at radius 2 is 2.25 bits per heavy atom. The minimum Gasteiger partial charge on any atom is -0.392 e. The first-order valence-electron chi connectivity index (χ1n) is 4.05. The van der Waals surface area contributed by atoms with Gasteiger partial charge in [-0.25, -0.2) is 0 Å². The van der Waals surface area contributed by atoms with Gasteiger partial charge in [0.2, 0.25) is 0 Å². The van der Waals surface area contributed by atoms with Crippen LogP contribution < -0.4 is 0 Å². The summed E-state index contributed by atoms with van der Waals surface area (Å²) in [6.07, 6.45) is 0.776. The molecule has 0 spiro atoms. The van der Waals surface area contributed by atoms with Crippen LogP contribution >= 0.6 is 0 Å². The van der Waals surface area contributed by atoms with Crippen molar-refractivity contribution in [3.05, 3.63) is 47.5 Å². The molecule has 1 rings (SSSR count). The molecule has 0 saturated heterocycles. The molecule has 64 valence electrons. The van der Waals surface area contributed by atoms with Crippen LogP contribution in [0, 0.1) is 6.92 Å². The molecule has 0 aliphatic rings. The first kappa shape index (κ1) is 9.01. The van der Waals surface area contributed by atoms with Gasteiger partial charge < -0.3 is 5.11 Å². The van der Waals surface area contributed by atoms with E-state index < -0.39 is 0 Å². The van der Waals surface area contributed by atoms with Crippen molar-refractivity contribution in [2.45, 2.75) is 13.3 Å². The van der Waals surface area contributed by atoms with Gasteiger partial charge in [0.15, 0.2) is 0 Å². The van der Waals surface area contributed by atoms with Crippen molar-refractivity contribution >= 4 is 0 Å². The van der Waals surface area contributed by atoms with Crippen molar-refractivity contribution in [3.63, 3.8) is 0 Å². The third-order valence-corrected chi connectivity index (χ3v) is 1.76. The van der Waals surface area contributed by atoms with Crippen molar-refractivity contribution in [2.75, 3.05) is 6.61 Å². The molecule has 0 amide bonds. The SMILES string of the molecule is C=C(CO)Cc1cccc(C)c1. The Bertz CT molecular complexity index is 276. The molecule has 0 fully saturated rings. The number of aliphatic hydroxyl groups excluding tert-OH is 1. The zero-order valence-electron chi connectivity index (χ0n) is 7.38. The second-order valence-corrected chi connectivity index (χ2v) is 3.07. The van der Waals surface area contributed by atoms with Crippen molar-refractivity contribution < 1.29 is 5.11 Å². The van der Waals surface area contributed by atoms with Crippen LogP contribution in [0.5, 0.6) is 0 Å². The van der Waals surface area contributed by atoms with Crippen LogP contribution in [0.2, 0.25) is 0 Å². The Labute approximate surface area is 73.4 Å². The van der Waals surface area contributed by atoms with Gasteiger partial charge in [-0.05, 0) is 24.5 Å². The molecule has 0 radical (unpaired) electrons. The Hall–Kier alpha value is -1.08. The summed E-state index contributed by atoms with van der Waals surface area (Å²) < 4.78 is 0. The largest absolute Gasteiger partial charge is 0.392 e. The van der Waals surface area contributed by atoms with Crippen LogP contribution in [0.4, 0.5) is 0 Å². The highest BCUT2D eigenvalue weighted by Crippen LogP contribution is 2.08. The van der Waals surface area contributed by atoms with Gasteiger partial charge in [-0.2, -0.15) is 0 Å². The second-order valence-electron chi connectivity index (χ2n) is 3.07. The Kier molecular flexibility index (Phi) is 3.06. The van der Waals surface area contributed by atoms with E-state index in [9.17, 15) is 0 Å². The van der Waals surface area contributed by atoms with E-state index in [1.54, 1.807) is 0 Å². The van der Waals surface area contributed by atoms with Crippen LogP contribution in [-0.4, -0.2) is 11.7 Å². The quantitative estimate of drug-likeness (QED) is 0.675. The fraction of sp³-hybridized carbons (Fsp3) is 0.273. The van der Waals surface area contributed by atoms with Crippen LogP contribution in [-0.2, 0) is 6.42 Å². The first-order valence-corrected chi connectivity index (χ1v) is 4.05. The van der Waals surface area contributed by atoms with Gasteiger partial charge in [0, 0.05) is 0 Å². The number of aliphatic hydroxyl groups is 1.